The van der Waals surface area contributed by atoms with E-state index in [9.17, 15) is 4.79 Å². The van der Waals surface area contributed by atoms with Crippen molar-refractivity contribution in [3.05, 3.63) is 53.9 Å². The van der Waals surface area contributed by atoms with Crippen LogP contribution in [0.25, 0.3) is 0 Å². The summed E-state index contributed by atoms with van der Waals surface area (Å²) in [6, 6.07) is 9.14. The highest BCUT2D eigenvalue weighted by Crippen LogP contribution is 2.15. The second-order valence-corrected chi connectivity index (χ2v) is 4.60. The van der Waals surface area contributed by atoms with Crippen molar-refractivity contribution in [3.63, 3.8) is 0 Å². The molecular weight excluding hydrogens is 240 g/mol. The standard InChI is InChI=1S/C15H18N2O2/c1-11(2)19-14-5-3-4-13(8-14)15(18)17-10-12-6-7-16-9-12/h3-9,11,16H,10H2,1-2H3,(H,17,18). The van der Waals surface area contributed by atoms with Gasteiger partial charge in [0, 0.05) is 24.5 Å². The average Bonchev–Trinajstić information content (AvgIpc) is 2.88. The van der Waals surface area contributed by atoms with E-state index in [1.807, 2.05) is 44.4 Å². The van der Waals surface area contributed by atoms with Crippen LogP contribution in [0.3, 0.4) is 0 Å². The fraction of sp³-hybridized carbons (Fsp3) is 0.267. The average molecular weight is 258 g/mol. The molecule has 4 nitrogen and oxygen atoms in total. The highest BCUT2D eigenvalue weighted by atomic mass is 16.5. The zero-order valence-electron chi connectivity index (χ0n) is 11.1. The third kappa shape index (κ3) is 3.88. The first-order valence-corrected chi connectivity index (χ1v) is 6.32. The summed E-state index contributed by atoms with van der Waals surface area (Å²) in [4.78, 5) is 15.0. The van der Waals surface area contributed by atoms with E-state index in [0.29, 0.717) is 17.9 Å². The fourth-order valence-electron chi connectivity index (χ4n) is 1.74. The van der Waals surface area contributed by atoms with Crippen molar-refractivity contribution < 1.29 is 9.53 Å². The molecule has 0 saturated heterocycles. The molecule has 0 radical (unpaired) electrons. The van der Waals surface area contributed by atoms with Crippen molar-refractivity contribution in [2.75, 3.05) is 0 Å². The number of rotatable bonds is 5. The zero-order valence-corrected chi connectivity index (χ0v) is 11.1. The quantitative estimate of drug-likeness (QED) is 0.866. The van der Waals surface area contributed by atoms with Gasteiger partial charge in [0.1, 0.15) is 5.75 Å². The van der Waals surface area contributed by atoms with E-state index >= 15 is 0 Å². The van der Waals surface area contributed by atoms with Gasteiger partial charge in [-0.1, -0.05) is 6.07 Å². The van der Waals surface area contributed by atoms with Crippen LogP contribution in [-0.4, -0.2) is 17.0 Å². The third-order valence-electron chi connectivity index (χ3n) is 2.58. The van der Waals surface area contributed by atoms with E-state index in [2.05, 4.69) is 10.3 Å². The van der Waals surface area contributed by atoms with Crippen LogP contribution in [-0.2, 0) is 6.54 Å². The second kappa shape index (κ2) is 6.09. The van der Waals surface area contributed by atoms with Crippen molar-refractivity contribution >= 4 is 5.91 Å². The van der Waals surface area contributed by atoms with Gasteiger partial charge in [-0.3, -0.25) is 4.79 Å². The molecule has 0 aliphatic heterocycles. The summed E-state index contributed by atoms with van der Waals surface area (Å²) in [5, 5.41) is 2.87. The van der Waals surface area contributed by atoms with Crippen LogP contribution in [0.5, 0.6) is 5.75 Å². The predicted octanol–water partition coefficient (Wildman–Crippen LogP) is 2.73. The number of H-pyrrole nitrogens is 1. The molecule has 0 unspecified atom stereocenters. The van der Waals surface area contributed by atoms with Gasteiger partial charge >= 0.3 is 0 Å². The Morgan fingerprint density at radius 2 is 2.21 bits per heavy atom. The van der Waals surface area contributed by atoms with Crippen LogP contribution in [0.1, 0.15) is 29.8 Å². The summed E-state index contributed by atoms with van der Waals surface area (Å²) < 4.78 is 5.57. The topological polar surface area (TPSA) is 54.1 Å². The predicted molar refractivity (Wildman–Crippen MR) is 74.2 cm³/mol. The summed E-state index contributed by atoms with van der Waals surface area (Å²) in [6.07, 6.45) is 3.79. The Morgan fingerprint density at radius 3 is 2.89 bits per heavy atom. The molecule has 0 spiro atoms. The lowest BCUT2D eigenvalue weighted by Crippen LogP contribution is -2.22. The largest absolute Gasteiger partial charge is 0.491 e. The van der Waals surface area contributed by atoms with E-state index in [-0.39, 0.29) is 12.0 Å². The number of ether oxygens (including phenoxy) is 1. The Hall–Kier alpha value is -2.23. The van der Waals surface area contributed by atoms with Gasteiger partial charge in [0.25, 0.3) is 5.91 Å². The smallest absolute Gasteiger partial charge is 0.251 e. The first kappa shape index (κ1) is 13.2. The molecule has 0 aliphatic carbocycles. The number of hydrogen-bond donors (Lipinski definition) is 2. The minimum Gasteiger partial charge on any atom is -0.491 e. The molecule has 0 aliphatic rings. The van der Waals surface area contributed by atoms with Crippen molar-refractivity contribution in [2.24, 2.45) is 0 Å². The van der Waals surface area contributed by atoms with Crippen molar-refractivity contribution in [2.45, 2.75) is 26.5 Å². The maximum absolute atomic E-state index is 12.0. The number of benzene rings is 1. The number of aromatic nitrogens is 1. The number of nitrogens with one attached hydrogen (secondary N) is 2. The van der Waals surface area contributed by atoms with E-state index in [1.165, 1.54) is 0 Å². The lowest BCUT2D eigenvalue weighted by Gasteiger charge is -2.10. The van der Waals surface area contributed by atoms with E-state index < -0.39 is 0 Å². The Kier molecular flexibility index (Phi) is 4.23. The monoisotopic (exact) mass is 258 g/mol. The maximum atomic E-state index is 12.0. The minimum absolute atomic E-state index is 0.0955. The molecule has 19 heavy (non-hydrogen) atoms. The maximum Gasteiger partial charge on any atom is 0.251 e. The van der Waals surface area contributed by atoms with E-state index in [4.69, 9.17) is 4.74 Å². The van der Waals surface area contributed by atoms with Crippen LogP contribution < -0.4 is 10.1 Å². The number of hydrogen-bond acceptors (Lipinski definition) is 2. The number of aromatic amines is 1. The molecule has 100 valence electrons. The lowest BCUT2D eigenvalue weighted by atomic mass is 10.2. The molecule has 2 rings (SSSR count). The fourth-order valence-corrected chi connectivity index (χ4v) is 1.74. The van der Waals surface area contributed by atoms with Gasteiger partial charge in [-0.05, 0) is 43.7 Å². The highest BCUT2D eigenvalue weighted by Gasteiger charge is 2.07. The van der Waals surface area contributed by atoms with Gasteiger partial charge in [-0.2, -0.15) is 0 Å². The Balaban J connectivity index is 1.98. The van der Waals surface area contributed by atoms with Gasteiger partial charge in [-0.15, -0.1) is 0 Å². The molecule has 0 fully saturated rings. The Morgan fingerprint density at radius 1 is 1.37 bits per heavy atom. The molecule has 4 heteroatoms. The molecule has 1 aromatic carbocycles. The lowest BCUT2D eigenvalue weighted by molar-refractivity contribution is 0.0950. The molecule has 2 N–H and O–H groups in total. The van der Waals surface area contributed by atoms with Gasteiger partial charge < -0.3 is 15.0 Å². The summed E-state index contributed by atoms with van der Waals surface area (Å²) in [7, 11) is 0. The Labute approximate surface area is 112 Å². The van der Waals surface area contributed by atoms with Crippen LogP contribution in [0.15, 0.2) is 42.7 Å². The molecule has 1 aromatic heterocycles. The van der Waals surface area contributed by atoms with Gasteiger partial charge in [0.15, 0.2) is 0 Å². The third-order valence-corrected chi connectivity index (χ3v) is 2.58. The molecular formula is C15H18N2O2. The summed E-state index contributed by atoms with van der Waals surface area (Å²) in [5.74, 6) is 0.611. The van der Waals surface area contributed by atoms with Crippen LogP contribution >= 0.6 is 0 Å². The van der Waals surface area contributed by atoms with Gasteiger partial charge in [0.2, 0.25) is 0 Å². The van der Waals surface area contributed by atoms with Crippen molar-refractivity contribution in [3.8, 4) is 5.75 Å². The molecule has 0 bridgehead atoms. The van der Waals surface area contributed by atoms with Crippen LogP contribution in [0.2, 0.25) is 0 Å². The number of carbonyl (C=O) groups is 1. The van der Waals surface area contributed by atoms with E-state index in [0.717, 1.165) is 5.56 Å². The van der Waals surface area contributed by atoms with Crippen molar-refractivity contribution in [1.29, 1.82) is 0 Å². The van der Waals surface area contributed by atoms with Crippen molar-refractivity contribution in [1.82, 2.24) is 10.3 Å². The molecule has 0 saturated carbocycles. The van der Waals surface area contributed by atoms with Gasteiger partial charge in [0.05, 0.1) is 6.10 Å². The van der Waals surface area contributed by atoms with E-state index in [1.54, 1.807) is 12.1 Å². The number of amides is 1. The number of carbonyl (C=O) groups excluding carboxylic acids is 1. The molecule has 2 aromatic rings. The zero-order chi connectivity index (χ0) is 13.7. The molecule has 0 atom stereocenters. The Bertz CT molecular complexity index is 533. The summed E-state index contributed by atoms with van der Waals surface area (Å²) >= 11 is 0. The van der Waals surface area contributed by atoms with Crippen LogP contribution in [0, 0.1) is 0 Å². The summed E-state index contributed by atoms with van der Waals surface area (Å²) in [5.41, 5.74) is 1.65. The first-order chi connectivity index (χ1) is 9.15. The SMILES string of the molecule is CC(C)Oc1cccc(C(=O)NCc2cc[nH]c2)c1. The highest BCUT2D eigenvalue weighted by molar-refractivity contribution is 5.94. The van der Waals surface area contributed by atoms with Crippen LogP contribution in [0.4, 0.5) is 0 Å². The van der Waals surface area contributed by atoms with Gasteiger partial charge in [-0.25, -0.2) is 0 Å². The minimum atomic E-state index is -0.101. The molecule has 1 amide bonds. The second-order valence-electron chi connectivity index (χ2n) is 4.60. The summed E-state index contributed by atoms with van der Waals surface area (Å²) in [6.45, 7) is 4.43. The molecule has 1 heterocycles. The normalized spacial score (nSPS) is 10.5. The first-order valence-electron chi connectivity index (χ1n) is 6.32.